The highest BCUT2D eigenvalue weighted by Crippen LogP contribution is 2.49. The van der Waals surface area contributed by atoms with E-state index in [9.17, 15) is 27.9 Å². The van der Waals surface area contributed by atoms with Crippen LogP contribution >= 0.6 is 0 Å². The average Bonchev–Trinajstić information content (AvgIpc) is 3.27. The Labute approximate surface area is 239 Å². The molecule has 7 nitrogen and oxygen atoms in total. The molecule has 2 saturated heterocycles. The van der Waals surface area contributed by atoms with Crippen molar-refractivity contribution < 1.29 is 37.3 Å². The van der Waals surface area contributed by atoms with Gasteiger partial charge < -0.3 is 24.8 Å². The zero-order chi connectivity index (χ0) is 30.1. The molecule has 0 bridgehead atoms. The van der Waals surface area contributed by atoms with Gasteiger partial charge >= 0.3 is 12.1 Å². The Kier molecular flexibility index (Phi) is 9.04. The van der Waals surface area contributed by atoms with E-state index in [0.717, 1.165) is 17.7 Å². The van der Waals surface area contributed by atoms with Crippen molar-refractivity contribution in [3.05, 3.63) is 65.2 Å². The van der Waals surface area contributed by atoms with Crippen LogP contribution in [0.15, 0.2) is 48.5 Å². The Hall–Kier alpha value is -3.11. The molecule has 0 spiro atoms. The predicted octanol–water partition coefficient (Wildman–Crippen LogP) is 5.69. The highest BCUT2D eigenvalue weighted by Gasteiger charge is 2.58. The number of amides is 1. The number of carbonyl (C=O) groups excluding carboxylic acids is 1. The van der Waals surface area contributed by atoms with Crippen molar-refractivity contribution in [3.63, 3.8) is 0 Å². The summed E-state index contributed by atoms with van der Waals surface area (Å²) in [5.74, 6) is -2.20. The summed E-state index contributed by atoms with van der Waals surface area (Å²) in [4.78, 5) is 28.8. The smallest absolute Gasteiger partial charge is 0.416 e. The average molecular weight is 577 g/mol. The van der Waals surface area contributed by atoms with Crippen LogP contribution in [0.4, 0.5) is 13.2 Å². The van der Waals surface area contributed by atoms with Crippen molar-refractivity contribution in [2.75, 3.05) is 13.7 Å². The zero-order valence-corrected chi connectivity index (χ0v) is 24.1. The molecule has 4 rings (SSSR count). The monoisotopic (exact) mass is 576 g/mol. The number of benzene rings is 2. The number of hydrogen-bond donors (Lipinski definition) is 2. The van der Waals surface area contributed by atoms with Crippen LogP contribution in [0.3, 0.4) is 0 Å². The number of hydrogen-bond acceptors (Lipinski definition) is 5. The van der Waals surface area contributed by atoms with Crippen molar-refractivity contribution in [1.29, 1.82) is 0 Å². The molecular formula is C31H39F3N2O5. The van der Waals surface area contributed by atoms with E-state index < -0.39 is 53.1 Å². The first-order chi connectivity index (χ1) is 19.3. The number of alkyl halides is 3. The second-order valence-corrected chi connectivity index (χ2v) is 12.0. The number of carbonyl (C=O) groups is 2. The number of nitrogens with zero attached hydrogens (tertiary/aromatic N) is 1. The van der Waals surface area contributed by atoms with Gasteiger partial charge in [0.2, 0.25) is 5.91 Å². The molecule has 0 aromatic heterocycles. The van der Waals surface area contributed by atoms with Crippen LogP contribution in [0.25, 0.3) is 0 Å². The Balaban J connectivity index is 1.82. The lowest BCUT2D eigenvalue weighted by Crippen LogP contribution is -2.51. The van der Waals surface area contributed by atoms with E-state index in [1.165, 1.54) is 18.1 Å². The Morgan fingerprint density at radius 1 is 1.12 bits per heavy atom. The van der Waals surface area contributed by atoms with E-state index in [0.29, 0.717) is 19.4 Å². The van der Waals surface area contributed by atoms with Crippen LogP contribution in [-0.2, 0) is 27.0 Å². The van der Waals surface area contributed by atoms with Crippen molar-refractivity contribution in [2.45, 2.75) is 77.5 Å². The minimum Gasteiger partial charge on any atom is -0.496 e. The van der Waals surface area contributed by atoms with Crippen LogP contribution in [0.2, 0.25) is 0 Å². The van der Waals surface area contributed by atoms with Gasteiger partial charge in [0.1, 0.15) is 11.8 Å². The van der Waals surface area contributed by atoms with Crippen LogP contribution in [0, 0.1) is 17.3 Å². The lowest BCUT2D eigenvalue weighted by Gasteiger charge is -2.37. The number of nitrogens with one attached hydrogen (secondary N) is 1. The minimum atomic E-state index is -4.54. The number of methoxy groups -OCH3 is 1. The third kappa shape index (κ3) is 6.38. The molecule has 2 aliphatic rings. The molecule has 0 aliphatic carbocycles. The van der Waals surface area contributed by atoms with Gasteiger partial charge in [-0.05, 0) is 48.9 Å². The number of carboxylic acid groups (broad SMARTS) is 1. The van der Waals surface area contributed by atoms with Crippen LogP contribution in [-0.4, -0.2) is 53.8 Å². The third-order valence-electron chi connectivity index (χ3n) is 8.38. The summed E-state index contributed by atoms with van der Waals surface area (Å²) >= 11 is 0. The maximum absolute atomic E-state index is 14.3. The van der Waals surface area contributed by atoms with Gasteiger partial charge in [-0.1, -0.05) is 51.1 Å². The maximum Gasteiger partial charge on any atom is 0.416 e. The Morgan fingerprint density at radius 2 is 1.80 bits per heavy atom. The molecule has 2 fully saturated rings. The van der Waals surface area contributed by atoms with Crippen LogP contribution in [0.5, 0.6) is 5.75 Å². The van der Waals surface area contributed by atoms with Gasteiger partial charge in [0.05, 0.1) is 30.7 Å². The maximum atomic E-state index is 14.3. The van der Waals surface area contributed by atoms with Crippen molar-refractivity contribution in [3.8, 4) is 5.75 Å². The molecule has 224 valence electrons. The lowest BCUT2D eigenvalue weighted by atomic mass is 9.72. The molecule has 0 saturated carbocycles. The molecule has 41 heavy (non-hydrogen) atoms. The largest absolute Gasteiger partial charge is 0.496 e. The summed E-state index contributed by atoms with van der Waals surface area (Å²) in [5.41, 5.74) is -0.362. The minimum absolute atomic E-state index is 0.0228. The quantitative estimate of drug-likeness (QED) is 0.441. The first-order valence-electron chi connectivity index (χ1n) is 13.9. The van der Waals surface area contributed by atoms with Gasteiger partial charge in [-0.2, -0.15) is 13.2 Å². The zero-order valence-electron chi connectivity index (χ0n) is 24.1. The molecule has 0 radical (unpaired) electrons. The summed E-state index contributed by atoms with van der Waals surface area (Å²) in [6, 6.07) is 10.1. The molecule has 2 aromatic rings. The van der Waals surface area contributed by atoms with E-state index in [1.807, 2.05) is 58.0 Å². The first kappa shape index (κ1) is 30.8. The fourth-order valence-corrected chi connectivity index (χ4v) is 6.49. The summed E-state index contributed by atoms with van der Waals surface area (Å²) < 4.78 is 51.8. The van der Waals surface area contributed by atoms with Crippen LogP contribution in [0.1, 0.15) is 63.3 Å². The molecule has 2 aliphatic heterocycles. The van der Waals surface area contributed by atoms with E-state index in [2.05, 4.69) is 5.32 Å². The third-order valence-corrected chi connectivity index (χ3v) is 8.38. The number of rotatable bonds is 7. The molecule has 2 heterocycles. The fourth-order valence-electron chi connectivity index (χ4n) is 6.49. The number of likely N-dealkylation sites (tertiary alicyclic amines) is 1. The van der Waals surface area contributed by atoms with Gasteiger partial charge in [-0.3, -0.25) is 4.79 Å². The SMILES string of the molecule is COc1ccc(C(F)(F)F)cc1CNC1C(c2ccccc2)N(C(=O)[C@@H]2CCCO[C@@H]2C)C(C(=O)O)C1C(C)(C)C. The highest BCUT2D eigenvalue weighted by atomic mass is 19.4. The van der Waals surface area contributed by atoms with E-state index >= 15 is 0 Å². The van der Waals surface area contributed by atoms with E-state index in [4.69, 9.17) is 9.47 Å². The topological polar surface area (TPSA) is 88.1 Å². The summed E-state index contributed by atoms with van der Waals surface area (Å²) in [7, 11) is 1.39. The van der Waals surface area contributed by atoms with E-state index in [-0.39, 0.29) is 29.9 Å². The molecule has 1 amide bonds. The first-order valence-corrected chi connectivity index (χ1v) is 13.9. The molecule has 6 atom stereocenters. The summed E-state index contributed by atoms with van der Waals surface area (Å²) in [6.07, 6.45) is -3.62. The normalized spacial score (nSPS) is 27.1. The van der Waals surface area contributed by atoms with Crippen molar-refractivity contribution in [2.24, 2.45) is 17.3 Å². The van der Waals surface area contributed by atoms with Gasteiger partial charge in [0, 0.05) is 30.7 Å². The second kappa shape index (κ2) is 12.0. The van der Waals surface area contributed by atoms with Gasteiger partial charge in [-0.25, -0.2) is 4.79 Å². The fraction of sp³-hybridized carbons (Fsp3) is 0.548. The standard InChI is InChI=1S/C31H39F3N2O5/c1-18-22(12-9-15-41-18)28(37)36-26(19-10-7-6-8-11-19)25(24(30(2,3)4)27(36)29(38)39)35-17-20-16-21(31(32,33)34)13-14-23(20)40-5/h6-8,10-11,13-14,16,18,22,24-27,35H,9,12,15,17H2,1-5H3,(H,38,39)/t18-,22-,24?,25?,26?,27?/m1/s1. The van der Waals surface area contributed by atoms with Crippen LogP contribution < -0.4 is 10.1 Å². The number of halogens is 3. The van der Waals surface area contributed by atoms with Crippen molar-refractivity contribution >= 4 is 11.9 Å². The summed E-state index contributed by atoms with van der Waals surface area (Å²) in [5, 5.41) is 14.0. The van der Waals surface area contributed by atoms with E-state index in [1.54, 1.807) is 0 Å². The lowest BCUT2D eigenvalue weighted by molar-refractivity contribution is -0.158. The van der Waals surface area contributed by atoms with Gasteiger partial charge in [-0.15, -0.1) is 0 Å². The van der Waals surface area contributed by atoms with Crippen molar-refractivity contribution in [1.82, 2.24) is 10.2 Å². The number of ether oxygens (including phenoxy) is 2. The molecule has 2 aromatic carbocycles. The molecular weight excluding hydrogens is 537 g/mol. The second-order valence-electron chi connectivity index (χ2n) is 12.0. The molecule has 2 N–H and O–H groups in total. The van der Waals surface area contributed by atoms with Gasteiger partial charge in [0.15, 0.2) is 0 Å². The molecule has 4 unspecified atom stereocenters. The summed E-state index contributed by atoms with van der Waals surface area (Å²) in [6.45, 7) is 8.14. The van der Waals surface area contributed by atoms with Gasteiger partial charge in [0.25, 0.3) is 0 Å². The number of carboxylic acids is 1. The highest BCUT2D eigenvalue weighted by molar-refractivity contribution is 5.87. The Bertz CT molecular complexity index is 1230. The molecule has 10 heteroatoms. The predicted molar refractivity (Wildman–Crippen MR) is 147 cm³/mol. The number of aliphatic carboxylic acids is 1. The Morgan fingerprint density at radius 3 is 2.37 bits per heavy atom.